The fourth-order valence-electron chi connectivity index (χ4n) is 3.08. The summed E-state index contributed by atoms with van der Waals surface area (Å²) in [6.07, 6.45) is 9.04. The second-order valence-corrected chi connectivity index (χ2v) is 6.06. The average molecular weight is 270 g/mol. The van der Waals surface area contributed by atoms with Gasteiger partial charge in [0.2, 0.25) is 0 Å². The highest BCUT2D eigenvalue weighted by molar-refractivity contribution is 5.77. The van der Waals surface area contributed by atoms with E-state index >= 15 is 0 Å². The molecule has 0 aromatic carbocycles. The lowest BCUT2D eigenvalue weighted by molar-refractivity contribution is -0.148. The Morgan fingerprint density at radius 2 is 1.79 bits per heavy atom. The van der Waals surface area contributed by atoms with Crippen LogP contribution in [0.4, 0.5) is 0 Å². The Kier molecular flexibility index (Phi) is 6.89. The molecule has 0 heterocycles. The van der Waals surface area contributed by atoms with Crippen LogP contribution in [0.3, 0.4) is 0 Å². The Morgan fingerprint density at radius 1 is 1.16 bits per heavy atom. The van der Waals surface area contributed by atoms with Crippen molar-refractivity contribution in [3.63, 3.8) is 0 Å². The Bertz CT molecular complexity index is 295. The van der Waals surface area contributed by atoms with Crippen molar-refractivity contribution in [2.45, 2.75) is 64.7 Å². The van der Waals surface area contributed by atoms with E-state index in [2.05, 4.69) is 0 Å². The van der Waals surface area contributed by atoms with Crippen molar-refractivity contribution in [3.05, 3.63) is 0 Å². The van der Waals surface area contributed by atoms with Gasteiger partial charge in [0.15, 0.2) is 0 Å². The van der Waals surface area contributed by atoms with Crippen LogP contribution in [0.1, 0.15) is 64.7 Å². The summed E-state index contributed by atoms with van der Waals surface area (Å²) in [5.41, 5.74) is 0. The summed E-state index contributed by atoms with van der Waals surface area (Å²) in [5, 5.41) is 17.7. The minimum atomic E-state index is -1.02. The number of hydrogen-bond acceptors (Lipinski definition) is 2. The highest BCUT2D eigenvalue weighted by Gasteiger charge is 2.24. The average Bonchev–Trinajstić information content (AvgIpc) is 2.36. The van der Waals surface area contributed by atoms with E-state index in [1.807, 2.05) is 6.92 Å². The van der Waals surface area contributed by atoms with Gasteiger partial charge in [0.25, 0.3) is 0 Å². The first-order valence-electron chi connectivity index (χ1n) is 7.43. The molecule has 0 radical (unpaired) electrons. The maximum atomic E-state index is 11.0. The fourth-order valence-corrected chi connectivity index (χ4v) is 3.08. The molecule has 1 aliphatic rings. The summed E-state index contributed by atoms with van der Waals surface area (Å²) in [4.78, 5) is 21.7. The molecule has 0 aliphatic heterocycles. The van der Waals surface area contributed by atoms with Gasteiger partial charge < -0.3 is 10.2 Å². The van der Waals surface area contributed by atoms with Crippen LogP contribution in [0.15, 0.2) is 0 Å². The zero-order chi connectivity index (χ0) is 14.3. The summed E-state index contributed by atoms with van der Waals surface area (Å²) < 4.78 is 0. The predicted molar refractivity (Wildman–Crippen MR) is 73.0 cm³/mol. The monoisotopic (exact) mass is 270 g/mol. The second-order valence-electron chi connectivity index (χ2n) is 6.06. The number of carbonyl (C=O) groups is 2. The van der Waals surface area contributed by atoms with Crippen molar-refractivity contribution in [3.8, 4) is 0 Å². The van der Waals surface area contributed by atoms with Crippen molar-refractivity contribution in [1.29, 1.82) is 0 Å². The van der Waals surface area contributed by atoms with Crippen LogP contribution < -0.4 is 0 Å². The molecule has 1 rings (SSSR count). The molecule has 1 saturated carbocycles. The van der Waals surface area contributed by atoms with E-state index < -0.39 is 17.9 Å². The van der Waals surface area contributed by atoms with E-state index in [0.717, 1.165) is 12.3 Å². The minimum absolute atomic E-state index is 0.261. The van der Waals surface area contributed by atoms with Gasteiger partial charge in [-0.3, -0.25) is 9.59 Å². The molecule has 2 N–H and O–H groups in total. The molecule has 19 heavy (non-hydrogen) atoms. The van der Waals surface area contributed by atoms with Gasteiger partial charge >= 0.3 is 11.9 Å². The molecule has 4 heteroatoms. The molecule has 2 atom stereocenters. The van der Waals surface area contributed by atoms with Gasteiger partial charge in [-0.15, -0.1) is 0 Å². The van der Waals surface area contributed by atoms with Crippen LogP contribution in [-0.2, 0) is 9.59 Å². The number of rotatable bonds is 8. The van der Waals surface area contributed by atoms with Crippen molar-refractivity contribution in [1.82, 2.24) is 0 Å². The fraction of sp³-hybridized carbons (Fsp3) is 0.867. The van der Waals surface area contributed by atoms with Crippen molar-refractivity contribution in [2.75, 3.05) is 0 Å². The van der Waals surface area contributed by atoms with E-state index in [1.165, 1.54) is 38.5 Å². The third-order valence-electron chi connectivity index (χ3n) is 4.25. The maximum absolute atomic E-state index is 11.0. The van der Waals surface area contributed by atoms with Gasteiger partial charge in [-0.25, -0.2) is 0 Å². The molecule has 0 spiro atoms. The third-order valence-corrected chi connectivity index (χ3v) is 4.25. The van der Waals surface area contributed by atoms with Gasteiger partial charge in [0.05, 0.1) is 12.3 Å². The van der Waals surface area contributed by atoms with E-state index in [4.69, 9.17) is 10.2 Å². The zero-order valence-corrected chi connectivity index (χ0v) is 11.8. The SMILES string of the molecule is C[C@H](CCC1CCCCC1)C[C@@H](CC(=O)O)C(=O)O. The first-order valence-corrected chi connectivity index (χ1v) is 7.43. The normalized spacial score (nSPS) is 19.8. The maximum Gasteiger partial charge on any atom is 0.307 e. The Labute approximate surface area is 115 Å². The molecular formula is C15H26O4. The zero-order valence-electron chi connectivity index (χ0n) is 11.8. The Morgan fingerprint density at radius 3 is 2.32 bits per heavy atom. The first-order chi connectivity index (χ1) is 8.99. The summed E-state index contributed by atoms with van der Waals surface area (Å²) in [5.74, 6) is -1.64. The second kappa shape index (κ2) is 8.18. The Hall–Kier alpha value is -1.06. The lowest BCUT2D eigenvalue weighted by Gasteiger charge is -2.23. The molecular weight excluding hydrogens is 244 g/mol. The highest BCUT2D eigenvalue weighted by Crippen LogP contribution is 2.30. The van der Waals surface area contributed by atoms with Crippen LogP contribution in [0.2, 0.25) is 0 Å². The summed E-state index contributed by atoms with van der Waals surface area (Å²) in [7, 11) is 0. The number of aliphatic carboxylic acids is 2. The van der Waals surface area contributed by atoms with Crippen LogP contribution in [-0.4, -0.2) is 22.2 Å². The van der Waals surface area contributed by atoms with Crippen LogP contribution in [0.25, 0.3) is 0 Å². The lowest BCUT2D eigenvalue weighted by atomic mass is 9.82. The summed E-state index contributed by atoms with van der Waals surface area (Å²) in [6.45, 7) is 2.04. The van der Waals surface area contributed by atoms with Crippen LogP contribution in [0, 0.1) is 17.8 Å². The van der Waals surface area contributed by atoms with Crippen LogP contribution in [0.5, 0.6) is 0 Å². The standard InChI is InChI=1S/C15H26O4/c1-11(7-8-12-5-3-2-4-6-12)9-13(15(18)19)10-14(16)17/h11-13H,2-10H2,1H3,(H,16,17)(H,18,19)/t11-,13+/m1/s1. The van der Waals surface area contributed by atoms with Gasteiger partial charge in [-0.2, -0.15) is 0 Å². The molecule has 0 unspecified atom stereocenters. The third kappa shape index (κ3) is 6.60. The summed E-state index contributed by atoms with van der Waals surface area (Å²) >= 11 is 0. The molecule has 0 aromatic heterocycles. The molecule has 0 aromatic rings. The quantitative estimate of drug-likeness (QED) is 0.707. The first kappa shape index (κ1) is 16.0. The number of hydrogen-bond donors (Lipinski definition) is 2. The van der Waals surface area contributed by atoms with E-state index in [0.29, 0.717) is 12.3 Å². The number of carboxylic acid groups (broad SMARTS) is 2. The van der Waals surface area contributed by atoms with E-state index in [1.54, 1.807) is 0 Å². The largest absolute Gasteiger partial charge is 0.481 e. The molecule has 0 amide bonds. The molecule has 0 bridgehead atoms. The predicted octanol–water partition coefficient (Wildman–Crippen LogP) is 3.55. The lowest BCUT2D eigenvalue weighted by Crippen LogP contribution is -2.20. The Balaban J connectivity index is 2.28. The van der Waals surface area contributed by atoms with Crippen molar-refractivity contribution in [2.24, 2.45) is 17.8 Å². The minimum Gasteiger partial charge on any atom is -0.481 e. The molecule has 1 fully saturated rings. The van der Waals surface area contributed by atoms with Gasteiger partial charge in [0.1, 0.15) is 0 Å². The molecule has 0 saturated heterocycles. The molecule has 110 valence electrons. The van der Waals surface area contributed by atoms with Crippen molar-refractivity contribution >= 4 is 11.9 Å². The topological polar surface area (TPSA) is 74.6 Å². The van der Waals surface area contributed by atoms with Gasteiger partial charge in [-0.05, 0) is 18.3 Å². The highest BCUT2D eigenvalue weighted by atomic mass is 16.4. The van der Waals surface area contributed by atoms with Crippen molar-refractivity contribution < 1.29 is 19.8 Å². The van der Waals surface area contributed by atoms with Gasteiger partial charge in [-0.1, -0.05) is 51.9 Å². The van der Waals surface area contributed by atoms with Crippen LogP contribution >= 0.6 is 0 Å². The van der Waals surface area contributed by atoms with E-state index in [-0.39, 0.29) is 6.42 Å². The molecule has 4 nitrogen and oxygen atoms in total. The number of carboxylic acids is 2. The summed E-state index contributed by atoms with van der Waals surface area (Å²) in [6, 6.07) is 0. The molecule has 1 aliphatic carbocycles. The van der Waals surface area contributed by atoms with E-state index in [9.17, 15) is 9.59 Å². The smallest absolute Gasteiger partial charge is 0.307 e. The van der Waals surface area contributed by atoms with Gasteiger partial charge in [0, 0.05) is 0 Å².